The Morgan fingerprint density at radius 3 is 2.15 bits per heavy atom. The minimum Gasteiger partial charge on any atom is -0.489 e. The first-order valence-corrected chi connectivity index (χ1v) is 17.0. The van der Waals surface area contributed by atoms with E-state index >= 15 is 0 Å². The molecular formula is C40H45FN4O7. The van der Waals surface area contributed by atoms with Gasteiger partial charge < -0.3 is 24.8 Å². The number of nitrogens with zero attached hydrogens (tertiary/aromatic N) is 3. The maximum absolute atomic E-state index is 14.4. The number of nitrogens with one attached hydrogen (secondary N) is 1. The molecule has 0 aliphatic heterocycles. The minimum absolute atomic E-state index is 0.0222. The Balaban J connectivity index is 1.66. The van der Waals surface area contributed by atoms with Crippen molar-refractivity contribution in [3.63, 3.8) is 0 Å². The van der Waals surface area contributed by atoms with Crippen molar-refractivity contribution in [2.75, 3.05) is 27.3 Å². The highest BCUT2D eigenvalue weighted by molar-refractivity contribution is 6.05. The third-order valence-corrected chi connectivity index (χ3v) is 8.57. The molecule has 0 aliphatic rings. The molecule has 274 valence electrons. The topological polar surface area (TPSA) is 138 Å². The number of carboxylic acid groups (broad SMARTS) is 1. The third kappa shape index (κ3) is 10.4. The quantitative estimate of drug-likeness (QED) is 0.129. The summed E-state index contributed by atoms with van der Waals surface area (Å²) in [6.45, 7) is 7.24. The third-order valence-electron chi connectivity index (χ3n) is 8.57. The van der Waals surface area contributed by atoms with Crippen molar-refractivity contribution >= 4 is 34.8 Å². The number of aromatic carboxylic acids is 1. The van der Waals surface area contributed by atoms with Crippen LogP contribution in [0, 0.1) is 11.7 Å². The van der Waals surface area contributed by atoms with Crippen molar-refractivity contribution in [2.45, 2.75) is 51.2 Å². The Bertz CT molecular complexity index is 1860. The standard InChI is InChI=1S/C40H45FN4O7/c1-6-19-51-40(50)45(5)34(20-26(2)3)38(47)44(4)33(22-28-15-11-8-12-16-28)37(46)43-30(21-27-13-9-7-10-14-27)25-52-35-24-42-32-18-17-29(41)23-31(32)36(35)39(48)49/h6-18,23-24,26,30,33-34H,1,19-22,25H2,2-5H3,(H,43,46)(H,48,49). The number of hydrogen-bond donors (Lipinski definition) is 2. The van der Waals surface area contributed by atoms with Gasteiger partial charge in [0.25, 0.3) is 0 Å². The lowest BCUT2D eigenvalue weighted by molar-refractivity contribution is -0.143. The number of ether oxygens (including phenoxy) is 2. The molecule has 12 heteroatoms. The predicted octanol–water partition coefficient (Wildman–Crippen LogP) is 5.92. The number of hydrogen-bond acceptors (Lipinski definition) is 7. The van der Waals surface area contributed by atoms with E-state index in [-0.39, 0.29) is 47.8 Å². The van der Waals surface area contributed by atoms with E-state index in [0.29, 0.717) is 12.8 Å². The Kier molecular flexibility index (Phi) is 13.8. The lowest BCUT2D eigenvalue weighted by atomic mass is 9.98. The molecule has 0 saturated carbocycles. The molecule has 11 nitrogen and oxygen atoms in total. The molecule has 0 radical (unpaired) electrons. The number of aromatic nitrogens is 1. The molecule has 0 spiro atoms. The van der Waals surface area contributed by atoms with Crippen molar-refractivity contribution in [2.24, 2.45) is 5.92 Å². The number of fused-ring (bicyclic) bond motifs is 1. The number of benzene rings is 3. The number of likely N-dealkylation sites (N-methyl/N-ethyl adjacent to an activating group) is 2. The van der Waals surface area contributed by atoms with E-state index in [1.807, 2.05) is 74.5 Å². The van der Waals surface area contributed by atoms with Gasteiger partial charge in [0.2, 0.25) is 11.8 Å². The number of pyridine rings is 1. The average molecular weight is 713 g/mol. The van der Waals surface area contributed by atoms with Crippen molar-refractivity contribution in [3.8, 4) is 5.75 Å². The van der Waals surface area contributed by atoms with Gasteiger partial charge in [-0.05, 0) is 48.1 Å². The largest absolute Gasteiger partial charge is 0.489 e. The first-order chi connectivity index (χ1) is 24.9. The highest BCUT2D eigenvalue weighted by atomic mass is 19.1. The SMILES string of the molecule is C=CCOC(=O)N(C)C(CC(C)C)C(=O)N(C)C(Cc1ccccc1)C(=O)NC(COc1cnc2ccc(F)cc2c1C(=O)O)Cc1ccccc1. The highest BCUT2D eigenvalue weighted by Crippen LogP contribution is 2.27. The fourth-order valence-electron chi connectivity index (χ4n) is 5.88. The summed E-state index contributed by atoms with van der Waals surface area (Å²) in [7, 11) is 3.03. The summed E-state index contributed by atoms with van der Waals surface area (Å²) >= 11 is 0. The molecule has 3 aromatic carbocycles. The van der Waals surface area contributed by atoms with Gasteiger partial charge in [-0.3, -0.25) is 19.5 Å². The molecule has 3 atom stereocenters. The first-order valence-electron chi connectivity index (χ1n) is 17.0. The zero-order valence-corrected chi connectivity index (χ0v) is 29.8. The number of amides is 3. The van der Waals surface area contributed by atoms with Crippen LogP contribution < -0.4 is 10.1 Å². The molecule has 3 amide bonds. The molecule has 2 N–H and O–H groups in total. The van der Waals surface area contributed by atoms with Gasteiger partial charge >= 0.3 is 12.1 Å². The monoisotopic (exact) mass is 712 g/mol. The lowest BCUT2D eigenvalue weighted by Gasteiger charge is -2.35. The van der Waals surface area contributed by atoms with E-state index in [1.54, 1.807) is 0 Å². The summed E-state index contributed by atoms with van der Waals surface area (Å²) < 4.78 is 25.4. The summed E-state index contributed by atoms with van der Waals surface area (Å²) in [6, 6.07) is 19.6. The fourth-order valence-corrected chi connectivity index (χ4v) is 5.88. The van der Waals surface area contributed by atoms with Crippen LogP contribution in [0.2, 0.25) is 0 Å². The summed E-state index contributed by atoms with van der Waals surface area (Å²) in [4.78, 5) is 60.6. The maximum Gasteiger partial charge on any atom is 0.410 e. The highest BCUT2D eigenvalue weighted by Gasteiger charge is 2.36. The van der Waals surface area contributed by atoms with Gasteiger partial charge in [-0.15, -0.1) is 0 Å². The van der Waals surface area contributed by atoms with Crippen LogP contribution in [0.1, 0.15) is 41.8 Å². The first kappa shape index (κ1) is 39.0. The van der Waals surface area contributed by atoms with Gasteiger partial charge in [0.1, 0.15) is 36.7 Å². The van der Waals surface area contributed by atoms with Crippen LogP contribution in [0.25, 0.3) is 10.9 Å². The average Bonchev–Trinajstić information content (AvgIpc) is 3.13. The number of carbonyl (C=O) groups is 4. The fraction of sp³-hybridized carbons (Fsp3) is 0.325. The zero-order chi connectivity index (χ0) is 37.8. The van der Waals surface area contributed by atoms with Crippen LogP contribution in [0.4, 0.5) is 9.18 Å². The Labute approximate surface area is 303 Å². The van der Waals surface area contributed by atoms with Crippen LogP contribution in [-0.2, 0) is 27.2 Å². The second-order valence-electron chi connectivity index (χ2n) is 12.9. The van der Waals surface area contributed by atoms with Gasteiger partial charge in [-0.25, -0.2) is 14.0 Å². The van der Waals surface area contributed by atoms with Gasteiger partial charge in [-0.2, -0.15) is 0 Å². The van der Waals surface area contributed by atoms with E-state index in [4.69, 9.17) is 9.47 Å². The normalized spacial score (nSPS) is 12.7. The molecule has 0 aliphatic carbocycles. The molecule has 4 rings (SSSR count). The second kappa shape index (κ2) is 18.5. The number of rotatable bonds is 17. The van der Waals surface area contributed by atoms with Gasteiger partial charge in [0, 0.05) is 25.9 Å². The van der Waals surface area contributed by atoms with E-state index < -0.39 is 47.8 Å². The summed E-state index contributed by atoms with van der Waals surface area (Å²) in [5.74, 6) is -2.94. The summed E-state index contributed by atoms with van der Waals surface area (Å²) in [5.41, 5.74) is 1.70. The number of halogens is 1. The van der Waals surface area contributed by atoms with E-state index in [9.17, 15) is 28.7 Å². The molecular weight excluding hydrogens is 667 g/mol. The van der Waals surface area contributed by atoms with Crippen LogP contribution in [0.15, 0.2) is 97.7 Å². The molecule has 0 bridgehead atoms. The van der Waals surface area contributed by atoms with E-state index in [1.165, 1.54) is 48.3 Å². The zero-order valence-electron chi connectivity index (χ0n) is 29.8. The second-order valence-corrected chi connectivity index (χ2v) is 12.9. The van der Waals surface area contributed by atoms with Gasteiger partial charge in [-0.1, -0.05) is 87.2 Å². The molecule has 4 aromatic rings. The van der Waals surface area contributed by atoms with Crippen molar-refractivity contribution in [1.29, 1.82) is 0 Å². The number of carbonyl (C=O) groups excluding carboxylic acids is 3. The predicted molar refractivity (Wildman–Crippen MR) is 195 cm³/mol. The lowest BCUT2D eigenvalue weighted by Crippen LogP contribution is -2.57. The van der Waals surface area contributed by atoms with Crippen molar-refractivity contribution < 1.29 is 38.1 Å². The molecule has 0 saturated heterocycles. The van der Waals surface area contributed by atoms with Crippen molar-refractivity contribution in [3.05, 3.63) is 120 Å². The van der Waals surface area contributed by atoms with Crippen LogP contribution in [0.3, 0.4) is 0 Å². The van der Waals surface area contributed by atoms with Crippen LogP contribution >= 0.6 is 0 Å². The Morgan fingerprint density at radius 2 is 1.56 bits per heavy atom. The van der Waals surface area contributed by atoms with Gasteiger partial charge in [0.15, 0.2) is 5.75 Å². The molecule has 52 heavy (non-hydrogen) atoms. The van der Waals surface area contributed by atoms with Gasteiger partial charge in [0.05, 0.1) is 17.8 Å². The Morgan fingerprint density at radius 1 is 0.923 bits per heavy atom. The summed E-state index contributed by atoms with van der Waals surface area (Å²) in [6.07, 6.45) is 2.79. The van der Waals surface area contributed by atoms with E-state index in [2.05, 4.69) is 16.9 Å². The summed E-state index contributed by atoms with van der Waals surface area (Å²) in [5, 5.41) is 13.2. The molecule has 0 fully saturated rings. The molecule has 1 aromatic heterocycles. The Hall–Kier alpha value is -5.78. The van der Waals surface area contributed by atoms with Crippen molar-refractivity contribution in [1.82, 2.24) is 20.1 Å². The van der Waals surface area contributed by atoms with Crippen LogP contribution in [0.5, 0.6) is 5.75 Å². The molecule has 1 heterocycles. The van der Waals surface area contributed by atoms with E-state index in [0.717, 1.165) is 17.2 Å². The number of carboxylic acids is 1. The smallest absolute Gasteiger partial charge is 0.410 e. The van der Waals surface area contributed by atoms with Crippen LogP contribution in [-0.4, -0.2) is 89.2 Å². The maximum atomic E-state index is 14.4. The minimum atomic E-state index is -1.32. The molecule has 3 unspecified atom stereocenters.